The summed E-state index contributed by atoms with van der Waals surface area (Å²) in [6, 6.07) is 6.24. The number of carbonyl (C=O) groups is 1. The highest BCUT2D eigenvalue weighted by atomic mass is 19.1. The molecule has 0 bridgehead atoms. The molecule has 0 saturated carbocycles. The van der Waals surface area contributed by atoms with Crippen molar-refractivity contribution < 1.29 is 9.18 Å². The second-order valence-corrected chi connectivity index (χ2v) is 4.38. The molecule has 1 heterocycles. The van der Waals surface area contributed by atoms with Crippen LogP contribution in [0.15, 0.2) is 24.3 Å². The lowest BCUT2D eigenvalue weighted by Gasteiger charge is -2.07. The van der Waals surface area contributed by atoms with Gasteiger partial charge in [0.25, 0.3) is 0 Å². The molecular weight excluding hydrogens is 247 g/mol. The Balaban J connectivity index is 2.05. The van der Waals surface area contributed by atoms with Gasteiger partial charge in [0.15, 0.2) is 0 Å². The molecule has 1 aromatic carbocycles. The zero-order valence-electron chi connectivity index (χ0n) is 10.8. The third-order valence-electron chi connectivity index (χ3n) is 2.75. The van der Waals surface area contributed by atoms with Crippen LogP contribution in [-0.2, 0) is 11.3 Å². The summed E-state index contributed by atoms with van der Waals surface area (Å²) in [4.78, 5) is 11.8. The number of aromatic nitrogens is 2. The number of aryl methyl sites for hydroxylation is 2. The minimum atomic E-state index is -0.350. The fraction of sp³-hybridized carbons (Fsp3) is 0.231. The molecule has 3 N–H and O–H groups in total. The lowest BCUT2D eigenvalue weighted by molar-refractivity contribution is -0.116. The van der Waals surface area contributed by atoms with Crippen molar-refractivity contribution in [2.75, 3.05) is 11.1 Å². The van der Waals surface area contributed by atoms with E-state index in [-0.39, 0.29) is 18.3 Å². The maximum Gasteiger partial charge on any atom is 0.246 e. The molecule has 0 atom stereocenters. The molecule has 0 aliphatic carbocycles. The van der Waals surface area contributed by atoms with Gasteiger partial charge in [-0.25, -0.2) is 4.39 Å². The summed E-state index contributed by atoms with van der Waals surface area (Å²) in [6.45, 7) is 3.51. The van der Waals surface area contributed by atoms with Crippen molar-refractivity contribution in [1.29, 1.82) is 0 Å². The molecule has 0 radical (unpaired) electrons. The highest BCUT2D eigenvalue weighted by molar-refractivity contribution is 5.90. The monoisotopic (exact) mass is 262 g/mol. The van der Waals surface area contributed by atoms with Crippen molar-refractivity contribution in [3.63, 3.8) is 0 Å². The number of hydrogen-bond donors (Lipinski definition) is 2. The summed E-state index contributed by atoms with van der Waals surface area (Å²) in [6.07, 6.45) is 0. The van der Waals surface area contributed by atoms with E-state index in [1.807, 2.05) is 6.92 Å². The largest absolute Gasteiger partial charge is 0.382 e. The predicted octanol–water partition coefficient (Wildman–Crippen LogP) is 1.86. The lowest BCUT2D eigenvalue weighted by atomic mass is 10.2. The van der Waals surface area contributed by atoms with Crippen LogP contribution in [-0.4, -0.2) is 15.7 Å². The Morgan fingerprint density at radius 2 is 2.16 bits per heavy atom. The van der Waals surface area contributed by atoms with Gasteiger partial charge in [-0.1, -0.05) is 6.07 Å². The van der Waals surface area contributed by atoms with Crippen LogP contribution in [0, 0.1) is 19.7 Å². The Labute approximate surface area is 110 Å². The molecule has 1 aromatic heterocycles. The standard InChI is InChI=1S/C13H15FN4O/c1-8-3-4-10(6-11(8)14)16-13(19)7-18-9(2)5-12(15)17-18/h3-6H,7H2,1-2H3,(H2,15,17)(H,16,19). The second-order valence-electron chi connectivity index (χ2n) is 4.38. The topological polar surface area (TPSA) is 72.9 Å². The van der Waals surface area contributed by atoms with Gasteiger partial charge < -0.3 is 11.1 Å². The Morgan fingerprint density at radius 1 is 1.42 bits per heavy atom. The molecule has 5 nitrogen and oxygen atoms in total. The fourth-order valence-corrected chi connectivity index (χ4v) is 1.70. The van der Waals surface area contributed by atoms with Gasteiger partial charge in [-0.3, -0.25) is 9.48 Å². The number of nitrogen functional groups attached to an aromatic ring is 1. The van der Waals surface area contributed by atoms with Crippen molar-refractivity contribution in [3.8, 4) is 0 Å². The van der Waals surface area contributed by atoms with Crippen LogP contribution >= 0.6 is 0 Å². The first kappa shape index (κ1) is 13.1. The molecule has 0 saturated heterocycles. The van der Waals surface area contributed by atoms with Crippen molar-refractivity contribution in [2.45, 2.75) is 20.4 Å². The van der Waals surface area contributed by atoms with E-state index >= 15 is 0 Å². The zero-order valence-corrected chi connectivity index (χ0v) is 10.8. The first-order chi connectivity index (χ1) is 8.95. The molecule has 2 rings (SSSR count). The Morgan fingerprint density at radius 3 is 2.74 bits per heavy atom. The van der Waals surface area contributed by atoms with E-state index in [4.69, 9.17) is 5.73 Å². The molecule has 1 amide bonds. The van der Waals surface area contributed by atoms with Gasteiger partial charge >= 0.3 is 0 Å². The number of nitrogens with zero attached hydrogens (tertiary/aromatic N) is 2. The smallest absolute Gasteiger partial charge is 0.246 e. The summed E-state index contributed by atoms with van der Waals surface area (Å²) < 4.78 is 14.8. The van der Waals surface area contributed by atoms with E-state index in [0.717, 1.165) is 5.69 Å². The van der Waals surface area contributed by atoms with Gasteiger partial charge in [-0.15, -0.1) is 0 Å². The molecule has 0 aliphatic rings. The minimum Gasteiger partial charge on any atom is -0.382 e. The summed E-state index contributed by atoms with van der Waals surface area (Å²) in [5.74, 6) is -0.265. The quantitative estimate of drug-likeness (QED) is 0.886. The number of carbonyl (C=O) groups excluding carboxylic acids is 1. The Hall–Kier alpha value is -2.37. The number of rotatable bonds is 3. The Kier molecular flexibility index (Phi) is 3.50. The Bertz CT molecular complexity index is 621. The van der Waals surface area contributed by atoms with Crippen LogP contribution in [0.4, 0.5) is 15.9 Å². The number of amides is 1. The fourth-order valence-electron chi connectivity index (χ4n) is 1.70. The normalized spacial score (nSPS) is 10.5. The molecular formula is C13H15FN4O. The molecule has 0 unspecified atom stereocenters. The zero-order chi connectivity index (χ0) is 14.0. The molecule has 100 valence electrons. The van der Waals surface area contributed by atoms with E-state index in [0.29, 0.717) is 17.1 Å². The molecule has 2 aromatic rings. The first-order valence-corrected chi connectivity index (χ1v) is 5.81. The van der Waals surface area contributed by atoms with E-state index < -0.39 is 0 Å². The SMILES string of the molecule is Cc1ccc(NC(=O)Cn2nc(N)cc2C)cc1F. The lowest BCUT2D eigenvalue weighted by Crippen LogP contribution is -2.20. The van der Waals surface area contributed by atoms with Crippen LogP contribution in [0.5, 0.6) is 0 Å². The molecule has 6 heteroatoms. The highest BCUT2D eigenvalue weighted by Crippen LogP contribution is 2.13. The number of halogens is 1. The second kappa shape index (κ2) is 5.09. The van der Waals surface area contributed by atoms with Crippen LogP contribution in [0.25, 0.3) is 0 Å². The van der Waals surface area contributed by atoms with Crippen LogP contribution in [0.1, 0.15) is 11.3 Å². The van der Waals surface area contributed by atoms with Crippen LogP contribution in [0.2, 0.25) is 0 Å². The van der Waals surface area contributed by atoms with Gasteiger partial charge in [0, 0.05) is 17.4 Å². The van der Waals surface area contributed by atoms with Gasteiger partial charge in [-0.05, 0) is 31.5 Å². The van der Waals surface area contributed by atoms with Gasteiger partial charge in [0.1, 0.15) is 18.2 Å². The van der Waals surface area contributed by atoms with E-state index in [1.54, 1.807) is 25.1 Å². The number of anilines is 2. The third kappa shape index (κ3) is 3.09. The molecule has 0 aliphatic heterocycles. The molecule has 19 heavy (non-hydrogen) atoms. The van der Waals surface area contributed by atoms with Crippen molar-refractivity contribution in [1.82, 2.24) is 9.78 Å². The van der Waals surface area contributed by atoms with Crippen molar-refractivity contribution >= 4 is 17.4 Å². The number of benzene rings is 1. The average Bonchev–Trinajstić information content (AvgIpc) is 2.62. The van der Waals surface area contributed by atoms with E-state index in [9.17, 15) is 9.18 Å². The maximum atomic E-state index is 13.3. The highest BCUT2D eigenvalue weighted by Gasteiger charge is 2.08. The van der Waals surface area contributed by atoms with Gasteiger partial charge in [-0.2, -0.15) is 5.10 Å². The van der Waals surface area contributed by atoms with Crippen LogP contribution < -0.4 is 11.1 Å². The van der Waals surface area contributed by atoms with E-state index in [1.165, 1.54) is 10.7 Å². The third-order valence-corrected chi connectivity index (χ3v) is 2.75. The number of nitrogens with one attached hydrogen (secondary N) is 1. The summed E-state index contributed by atoms with van der Waals surface area (Å²) in [7, 11) is 0. The minimum absolute atomic E-state index is 0.0402. The number of hydrogen-bond acceptors (Lipinski definition) is 3. The summed E-state index contributed by atoms with van der Waals surface area (Å²) >= 11 is 0. The average molecular weight is 262 g/mol. The predicted molar refractivity (Wildman–Crippen MR) is 71.1 cm³/mol. The van der Waals surface area contributed by atoms with Gasteiger partial charge in [0.2, 0.25) is 5.91 Å². The maximum absolute atomic E-state index is 13.3. The summed E-state index contributed by atoms with van der Waals surface area (Å²) in [5.41, 5.74) is 7.28. The molecule has 0 fully saturated rings. The first-order valence-electron chi connectivity index (χ1n) is 5.81. The van der Waals surface area contributed by atoms with E-state index in [2.05, 4.69) is 10.4 Å². The summed E-state index contributed by atoms with van der Waals surface area (Å²) in [5, 5.41) is 6.60. The van der Waals surface area contributed by atoms with Crippen LogP contribution in [0.3, 0.4) is 0 Å². The number of nitrogens with two attached hydrogens (primary N) is 1. The molecule has 0 spiro atoms. The van der Waals surface area contributed by atoms with Crippen molar-refractivity contribution in [3.05, 3.63) is 41.3 Å². The van der Waals surface area contributed by atoms with Crippen molar-refractivity contribution in [2.24, 2.45) is 0 Å². The van der Waals surface area contributed by atoms with Gasteiger partial charge in [0.05, 0.1) is 0 Å².